The predicted octanol–water partition coefficient (Wildman–Crippen LogP) is 0.771. The Balaban J connectivity index is 2.58. The van der Waals surface area contributed by atoms with Gasteiger partial charge in [0.15, 0.2) is 0 Å². The van der Waals surface area contributed by atoms with Crippen LogP contribution in [-0.2, 0) is 0 Å². The summed E-state index contributed by atoms with van der Waals surface area (Å²) >= 11 is 5.51. The number of nitrogens with one attached hydrogen (secondary N) is 1. The fourth-order valence-corrected chi connectivity index (χ4v) is 1.63. The minimum Gasteiger partial charge on any atom is -0.298 e. The van der Waals surface area contributed by atoms with Crippen LogP contribution >= 0.6 is 11.6 Å². The van der Waals surface area contributed by atoms with Crippen molar-refractivity contribution in [2.45, 2.75) is 19.4 Å². The van der Waals surface area contributed by atoms with Crippen LogP contribution in [0.3, 0.4) is 0 Å². The van der Waals surface area contributed by atoms with E-state index in [9.17, 15) is 9.59 Å². The fourth-order valence-electron chi connectivity index (χ4n) is 1.45. The van der Waals surface area contributed by atoms with Crippen LogP contribution in [0.15, 0.2) is 15.7 Å². The SMILES string of the molecule is CC1CC1n1c(=O)cc(Cl)[nH]c1=O. The molecule has 5 heteroatoms. The van der Waals surface area contributed by atoms with Crippen molar-refractivity contribution in [3.63, 3.8) is 0 Å². The zero-order valence-electron chi connectivity index (χ0n) is 7.08. The molecule has 0 aromatic carbocycles. The molecule has 0 saturated heterocycles. The second-order valence-electron chi connectivity index (χ2n) is 3.41. The zero-order chi connectivity index (χ0) is 9.59. The molecule has 4 nitrogen and oxygen atoms in total. The van der Waals surface area contributed by atoms with Crippen molar-refractivity contribution < 1.29 is 0 Å². The molecule has 2 atom stereocenters. The van der Waals surface area contributed by atoms with Crippen molar-refractivity contribution in [1.82, 2.24) is 9.55 Å². The average molecular weight is 201 g/mol. The first-order valence-electron chi connectivity index (χ1n) is 4.11. The highest BCUT2D eigenvalue weighted by atomic mass is 35.5. The largest absolute Gasteiger partial charge is 0.329 e. The lowest BCUT2D eigenvalue weighted by atomic mass is 10.4. The van der Waals surface area contributed by atoms with Gasteiger partial charge in [-0.25, -0.2) is 4.79 Å². The summed E-state index contributed by atoms with van der Waals surface area (Å²) in [5.41, 5.74) is -0.727. The maximum atomic E-state index is 11.3. The van der Waals surface area contributed by atoms with Gasteiger partial charge in [0.05, 0.1) is 0 Å². The number of aromatic amines is 1. The third-order valence-electron chi connectivity index (χ3n) is 2.33. The molecule has 0 bridgehead atoms. The first kappa shape index (κ1) is 8.56. The molecule has 1 heterocycles. The van der Waals surface area contributed by atoms with Crippen molar-refractivity contribution in [1.29, 1.82) is 0 Å². The van der Waals surface area contributed by atoms with Crippen molar-refractivity contribution >= 4 is 11.6 Å². The topological polar surface area (TPSA) is 54.9 Å². The summed E-state index contributed by atoms with van der Waals surface area (Å²) in [6.07, 6.45) is 0.893. The van der Waals surface area contributed by atoms with Crippen molar-refractivity contribution in [2.75, 3.05) is 0 Å². The van der Waals surface area contributed by atoms with Gasteiger partial charge in [-0.1, -0.05) is 18.5 Å². The normalized spacial score (nSPS) is 26.0. The van der Waals surface area contributed by atoms with E-state index in [1.807, 2.05) is 6.92 Å². The summed E-state index contributed by atoms with van der Waals surface area (Å²) in [6.45, 7) is 2.01. The molecule has 1 aromatic heterocycles. The van der Waals surface area contributed by atoms with E-state index < -0.39 is 5.69 Å². The molecule has 1 aliphatic rings. The third-order valence-corrected chi connectivity index (χ3v) is 2.54. The summed E-state index contributed by atoms with van der Waals surface area (Å²) in [5.74, 6) is 0.417. The Morgan fingerprint density at radius 3 is 2.69 bits per heavy atom. The van der Waals surface area contributed by atoms with Gasteiger partial charge in [0.2, 0.25) is 0 Å². The lowest BCUT2D eigenvalue weighted by molar-refractivity contribution is 0.618. The minimum atomic E-state index is -0.410. The van der Waals surface area contributed by atoms with E-state index in [2.05, 4.69) is 4.98 Å². The molecule has 0 amide bonds. The van der Waals surface area contributed by atoms with Crippen molar-refractivity contribution in [3.8, 4) is 0 Å². The number of H-pyrrole nitrogens is 1. The summed E-state index contributed by atoms with van der Waals surface area (Å²) < 4.78 is 1.23. The van der Waals surface area contributed by atoms with Gasteiger partial charge in [0.25, 0.3) is 5.56 Å². The second-order valence-corrected chi connectivity index (χ2v) is 3.82. The number of hydrogen-bond donors (Lipinski definition) is 1. The molecule has 2 unspecified atom stereocenters. The molecule has 1 saturated carbocycles. The van der Waals surface area contributed by atoms with E-state index in [4.69, 9.17) is 11.6 Å². The van der Waals surface area contributed by atoms with E-state index in [-0.39, 0.29) is 16.8 Å². The van der Waals surface area contributed by atoms with Gasteiger partial charge >= 0.3 is 5.69 Å². The number of halogens is 1. The lowest BCUT2D eigenvalue weighted by Crippen LogP contribution is -2.34. The Labute approximate surface area is 79.2 Å². The first-order chi connectivity index (χ1) is 6.09. The monoisotopic (exact) mass is 200 g/mol. The minimum absolute atomic E-state index is 0.0634. The number of hydrogen-bond acceptors (Lipinski definition) is 2. The number of nitrogens with zero attached hydrogens (tertiary/aromatic N) is 1. The van der Waals surface area contributed by atoms with Crippen LogP contribution in [0.25, 0.3) is 0 Å². The molecule has 70 valence electrons. The highest BCUT2D eigenvalue weighted by Gasteiger charge is 2.36. The van der Waals surface area contributed by atoms with E-state index in [0.29, 0.717) is 5.92 Å². The van der Waals surface area contributed by atoms with Crippen molar-refractivity contribution in [3.05, 3.63) is 32.1 Å². The molecule has 1 aromatic rings. The maximum Gasteiger partial charge on any atom is 0.329 e. The quantitative estimate of drug-likeness (QED) is 0.681. The van der Waals surface area contributed by atoms with Gasteiger partial charge in [-0.2, -0.15) is 0 Å². The summed E-state index contributed by atoms with van der Waals surface area (Å²) in [6, 6.07) is 1.29. The van der Waals surface area contributed by atoms with E-state index >= 15 is 0 Å². The van der Waals surface area contributed by atoms with E-state index in [1.165, 1.54) is 10.6 Å². The molecule has 0 aliphatic heterocycles. The van der Waals surface area contributed by atoms with Crippen molar-refractivity contribution in [2.24, 2.45) is 5.92 Å². The third kappa shape index (κ3) is 1.42. The van der Waals surface area contributed by atoms with Gasteiger partial charge in [-0.15, -0.1) is 0 Å². The molecule has 1 fully saturated rings. The van der Waals surface area contributed by atoms with Crippen LogP contribution < -0.4 is 11.2 Å². The second kappa shape index (κ2) is 2.73. The molecule has 0 radical (unpaired) electrons. The molecule has 1 aliphatic carbocycles. The van der Waals surface area contributed by atoms with E-state index in [0.717, 1.165) is 6.42 Å². The van der Waals surface area contributed by atoms with Crippen LogP contribution in [0.5, 0.6) is 0 Å². The van der Waals surface area contributed by atoms with E-state index in [1.54, 1.807) is 0 Å². The van der Waals surface area contributed by atoms with Gasteiger partial charge in [0, 0.05) is 12.1 Å². The standard InChI is InChI=1S/C8H9ClN2O2/c1-4-2-5(4)11-7(12)3-6(9)10-8(11)13/h3-5H,2H2,1H3,(H,10,13). The Bertz CT molecular complexity index is 417. The summed E-state index contributed by atoms with van der Waals surface area (Å²) in [4.78, 5) is 25.1. The number of rotatable bonds is 1. The van der Waals surface area contributed by atoms with Gasteiger partial charge < -0.3 is 0 Å². The number of aromatic nitrogens is 2. The molecule has 2 rings (SSSR count). The van der Waals surface area contributed by atoms with Gasteiger partial charge in [-0.05, 0) is 12.3 Å². The Morgan fingerprint density at radius 2 is 2.23 bits per heavy atom. The average Bonchev–Trinajstić information content (AvgIpc) is 2.64. The highest BCUT2D eigenvalue weighted by Crippen LogP contribution is 2.40. The summed E-state index contributed by atoms with van der Waals surface area (Å²) in [5, 5.41) is 0.0968. The summed E-state index contributed by atoms with van der Waals surface area (Å²) in [7, 11) is 0. The Hall–Kier alpha value is -1.03. The Morgan fingerprint density at radius 1 is 1.62 bits per heavy atom. The highest BCUT2D eigenvalue weighted by molar-refractivity contribution is 6.29. The van der Waals surface area contributed by atoms with Crippen LogP contribution in [0.4, 0.5) is 0 Å². The van der Waals surface area contributed by atoms with Crippen LogP contribution in [0.2, 0.25) is 5.15 Å². The van der Waals surface area contributed by atoms with Crippen LogP contribution in [-0.4, -0.2) is 9.55 Å². The van der Waals surface area contributed by atoms with Crippen LogP contribution in [0, 0.1) is 5.92 Å². The van der Waals surface area contributed by atoms with Gasteiger partial charge in [0.1, 0.15) is 5.15 Å². The molecular weight excluding hydrogens is 192 g/mol. The zero-order valence-corrected chi connectivity index (χ0v) is 7.84. The molecule has 13 heavy (non-hydrogen) atoms. The van der Waals surface area contributed by atoms with Crippen LogP contribution in [0.1, 0.15) is 19.4 Å². The maximum absolute atomic E-state index is 11.3. The molecular formula is C8H9ClN2O2. The lowest BCUT2D eigenvalue weighted by Gasteiger charge is -2.00. The predicted molar refractivity (Wildman–Crippen MR) is 49.2 cm³/mol. The molecule has 0 spiro atoms. The molecule has 1 N–H and O–H groups in total. The smallest absolute Gasteiger partial charge is 0.298 e. The first-order valence-corrected chi connectivity index (χ1v) is 4.49. The Kier molecular flexibility index (Phi) is 1.80. The van der Waals surface area contributed by atoms with Gasteiger partial charge in [-0.3, -0.25) is 14.3 Å². The fraction of sp³-hybridized carbons (Fsp3) is 0.500.